The summed E-state index contributed by atoms with van der Waals surface area (Å²) in [6.45, 7) is 1.87. The Hall–Kier alpha value is -1.18. The van der Waals surface area contributed by atoms with E-state index in [-0.39, 0.29) is 31.8 Å². The van der Waals surface area contributed by atoms with Gasteiger partial charge in [-0.2, -0.15) is 0 Å². The van der Waals surface area contributed by atoms with Crippen LogP contribution in [0.5, 0.6) is 0 Å². The number of aliphatic carboxylic acids is 1. The van der Waals surface area contributed by atoms with E-state index in [2.05, 4.69) is 0 Å². The van der Waals surface area contributed by atoms with Gasteiger partial charge in [-0.1, -0.05) is 0 Å². The maximum atomic E-state index is 11.9. The van der Waals surface area contributed by atoms with Gasteiger partial charge in [-0.05, 0) is 12.8 Å². The average molecular weight is 273 g/mol. The molecule has 0 aromatic rings. The van der Waals surface area contributed by atoms with Crippen molar-refractivity contribution in [1.82, 2.24) is 4.90 Å². The molecule has 1 amide bonds. The number of ether oxygens (including phenoxy) is 3. The Morgan fingerprint density at radius 1 is 1.32 bits per heavy atom. The molecule has 0 aromatic heterocycles. The van der Waals surface area contributed by atoms with Crippen LogP contribution in [0.3, 0.4) is 0 Å². The number of hydrogen-bond donors (Lipinski definition) is 1. The van der Waals surface area contributed by atoms with E-state index >= 15 is 0 Å². The molecule has 108 valence electrons. The molecule has 2 aliphatic rings. The summed E-state index contributed by atoms with van der Waals surface area (Å²) in [6, 6.07) is 0. The summed E-state index contributed by atoms with van der Waals surface area (Å²) in [7, 11) is 0. The van der Waals surface area contributed by atoms with Crippen molar-refractivity contribution in [3.05, 3.63) is 0 Å². The monoisotopic (exact) mass is 273 g/mol. The molecule has 0 unspecified atom stereocenters. The second-order valence-electron chi connectivity index (χ2n) is 4.69. The lowest BCUT2D eigenvalue weighted by Crippen LogP contribution is -2.49. The normalized spacial score (nSPS) is 27.5. The smallest absolute Gasteiger partial charge is 0.334 e. The van der Waals surface area contributed by atoms with Gasteiger partial charge in [0, 0.05) is 13.2 Å². The lowest BCUT2D eigenvalue weighted by Gasteiger charge is -2.30. The summed E-state index contributed by atoms with van der Waals surface area (Å²) in [5.74, 6) is -1.25. The van der Waals surface area contributed by atoms with E-state index in [1.807, 2.05) is 0 Å². The van der Waals surface area contributed by atoms with Crippen molar-refractivity contribution in [2.24, 2.45) is 0 Å². The van der Waals surface area contributed by atoms with Crippen LogP contribution in [0, 0.1) is 0 Å². The summed E-state index contributed by atoms with van der Waals surface area (Å²) in [4.78, 5) is 24.1. The fraction of sp³-hybridized carbons (Fsp3) is 0.833. The van der Waals surface area contributed by atoms with Gasteiger partial charge in [0.25, 0.3) is 0 Å². The van der Waals surface area contributed by atoms with Crippen molar-refractivity contribution in [2.45, 2.75) is 25.0 Å². The first-order valence-electron chi connectivity index (χ1n) is 6.48. The summed E-state index contributed by atoms with van der Waals surface area (Å²) in [6.07, 6.45) is 1.15. The minimum absolute atomic E-state index is 0.0355. The van der Waals surface area contributed by atoms with Gasteiger partial charge in [-0.25, -0.2) is 4.79 Å². The number of carboxylic acids is 1. The van der Waals surface area contributed by atoms with Crippen LogP contribution in [0.25, 0.3) is 0 Å². The van der Waals surface area contributed by atoms with E-state index in [0.717, 1.165) is 19.4 Å². The summed E-state index contributed by atoms with van der Waals surface area (Å²) in [5.41, 5.74) is 0. The van der Waals surface area contributed by atoms with E-state index in [9.17, 15) is 9.59 Å². The number of morpholine rings is 1. The van der Waals surface area contributed by atoms with Gasteiger partial charge in [0.2, 0.25) is 5.91 Å². The zero-order chi connectivity index (χ0) is 13.7. The van der Waals surface area contributed by atoms with Crippen molar-refractivity contribution in [3.63, 3.8) is 0 Å². The van der Waals surface area contributed by atoms with Crippen LogP contribution >= 0.6 is 0 Å². The molecule has 0 bridgehead atoms. The summed E-state index contributed by atoms with van der Waals surface area (Å²) in [5, 5.41) is 8.85. The van der Waals surface area contributed by atoms with Crippen molar-refractivity contribution < 1.29 is 28.9 Å². The maximum absolute atomic E-state index is 11.9. The van der Waals surface area contributed by atoms with Crippen molar-refractivity contribution in [3.8, 4) is 0 Å². The van der Waals surface area contributed by atoms with Crippen LogP contribution in [0.15, 0.2) is 0 Å². The molecular weight excluding hydrogens is 254 g/mol. The SMILES string of the molecule is O=C(O)[C@@H]1CN(C(=O)COC[C@H]2CCCO2)CCO1. The highest BCUT2D eigenvalue weighted by Crippen LogP contribution is 2.12. The third kappa shape index (κ3) is 4.15. The van der Waals surface area contributed by atoms with Crippen molar-refractivity contribution in [1.29, 1.82) is 0 Å². The van der Waals surface area contributed by atoms with Gasteiger partial charge in [-0.15, -0.1) is 0 Å². The minimum atomic E-state index is -1.04. The Morgan fingerprint density at radius 2 is 2.16 bits per heavy atom. The van der Waals surface area contributed by atoms with Gasteiger partial charge in [0.05, 0.1) is 25.9 Å². The number of carbonyl (C=O) groups is 2. The number of hydrogen-bond acceptors (Lipinski definition) is 5. The first-order valence-corrected chi connectivity index (χ1v) is 6.48. The lowest BCUT2D eigenvalue weighted by molar-refractivity contribution is -0.160. The molecule has 7 heteroatoms. The topological polar surface area (TPSA) is 85.3 Å². The van der Waals surface area contributed by atoms with Crippen LogP contribution in [0.4, 0.5) is 0 Å². The van der Waals surface area contributed by atoms with E-state index in [4.69, 9.17) is 19.3 Å². The molecule has 2 rings (SSSR count). The third-order valence-electron chi connectivity index (χ3n) is 3.25. The van der Waals surface area contributed by atoms with E-state index in [1.54, 1.807) is 0 Å². The van der Waals surface area contributed by atoms with Gasteiger partial charge in [0.15, 0.2) is 6.10 Å². The van der Waals surface area contributed by atoms with Crippen LogP contribution in [-0.4, -0.2) is 73.6 Å². The summed E-state index contributed by atoms with van der Waals surface area (Å²) < 4.78 is 15.8. The molecule has 2 fully saturated rings. The highest BCUT2D eigenvalue weighted by Gasteiger charge is 2.29. The van der Waals surface area contributed by atoms with Crippen LogP contribution in [-0.2, 0) is 23.8 Å². The molecule has 2 atom stereocenters. The van der Waals surface area contributed by atoms with E-state index < -0.39 is 12.1 Å². The molecular formula is C12H19NO6. The number of nitrogens with zero attached hydrogens (tertiary/aromatic N) is 1. The predicted molar refractivity (Wildman–Crippen MR) is 63.7 cm³/mol. The molecule has 19 heavy (non-hydrogen) atoms. The van der Waals surface area contributed by atoms with Gasteiger partial charge < -0.3 is 24.2 Å². The van der Waals surface area contributed by atoms with E-state index in [0.29, 0.717) is 13.2 Å². The molecule has 2 aliphatic heterocycles. The minimum Gasteiger partial charge on any atom is -0.479 e. The Bertz CT molecular complexity index is 328. The predicted octanol–water partition coefficient (Wildman–Crippen LogP) is -0.506. The molecule has 7 nitrogen and oxygen atoms in total. The number of amides is 1. The quantitative estimate of drug-likeness (QED) is 0.726. The molecule has 0 radical (unpaired) electrons. The van der Waals surface area contributed by atoms with E-state index in [1.165, 1.54) is 4.90 Å². The van der Waals surface area contributed by atoms with Gasteiger partial charge in [0.1, 0.15) is 6.61 Å². The van der Waals surface area contributed by atoms with Crippen LogP contribution < -0.4 is 0 Å². The third-order valence-corrected chi connectivity index (χ3v) is 3.25. The van der Waals surface area contributed by atoms with Crippen LogP contribution in [0.1, 0.15) is 12.8 Å². The zero-order valence-corrected chi connectivity index (χ0v) is 10.7. The van der Waals surface area contributed by atoms with Gasteiger partial charge in [-0.3, -0.25) is 4.79 Å². The fourth-order valence-electron chi connectivity index (χ4n) is 2.17. The Kier molecular flexibility index (Phi) is 5.12. The average Bonchev–Trinajstić information content (AvgIpc) is 2.92. The zero-order valence-electron chi connectivity index (χ0n) is 10.7. The molecule has 1 N–H and O–H groups in total. The summed E-state index contributed by atoms with van der Waals surface area (Å²) >= 11 is 0. The second-order valence-corrected chi connectivity index (χ2v) is 4.69. The number of carboxylic acid groups (broad SMARTS) is 1. The Labute approximate surface area is 111 Å². The number of rotatable bonds is 5. The standard InChI is InChI=1S/C12H19NO6/c14-11(8-17-7-9-2-1-4-18-9)13-3-5-19-10(6-13)12(15)16/h9-10H,1-8H2,(H,15,16)/t9-,10+/m1/s1. The highest BCUT2D eigenvalue weighted by atomic mass is 16.5. The largest absolute Gasteiger partial charge is 0.479 e. The Balaban J connectivity index is 1.68. The molecule has 2 heterocycles. The molecule has 2 saturated heterocycles. The lowest BCUT2D eigenvalue weighted by atomic mass is 10.2. The van der Waals surface area contributed by atoms with Crippen LogP contribution in [0.2, 0.25) is 0 Å². The highest BCUT2D eigenvalue weighted by molar-refractivity contribution is 5.79. The van der Waals surface area contributed by atoms with Crippen molar-refractivity contribution >= 4 is 11.9 Å². The number of carbonyl (C=O) groups excluding carboxylic acids is 1. The first kappa shape index (κ1) is 14.2. The second kappa shape index (κ2) is 6.83. The molecule has 0 saturated carbocycles. The van der Waals surface area contributed by atoms with Gasteiger partial charge >= 0.3 is 5.97 Å². The molecule has 0 aliphatic carbocycles. The first-order chi connectivity index (χ1) is 9.16. The van der Waals surface area contributed by atoms with Crippen molar-refractivity contribution in [2.75, 3.05) is 39.5 Å². The fourth-order valence-corrected chi connectivity index (χ4v) is 2.17. The molecule has 0 spiro atoms. The molecule has 0 aromatic carbocycles. The maximum Gasteiger partial charge on any atom is 0.334 e. The Morgan fingerprint density at radius 3 is 2.84 bits per heavy atom.